The molecule has 6 nitrogen and oxygen atoms in total. The standard InChI is InChI=1S/C12H11N3O3S/c1-8(11(16)14-12-13-6-7-19-12)9-2-4-10(5-3-9)15(17)18/h2-8H,1H3,(H,13,14,16)/t8-/m0/s1. The molecule has 0 aliphatic heterocycles. The lowest BCUT2D eigenvalue weighted by atomic mass is 10.0. The van der Waals surface area contributed by atoms with Gasteiger partial charge in [0.25, 0.3) is 5.69 Å². The Hall–Kier alpha value is -2.28. The molecule has 0 saturated heterocycles. The third-order valence-electron chi connectivity index (χ3n) is 2.66. The van der Waals surface area contributed by atoms with E-state index in [-0.39, 0.29) is 11.6 Å². The van der Waals surface area contributed by atoms with Gasteiger partial charge in [-0.1, -0.05) is 12.1 Å². The highest BCUT2D eigenvalue weighted by molar-refractivity contribution is 7.13. The van der Waals surface area contributed by atoms with Gasteiger partial charge in [-0.3, -0.25) is 14.9 Å². The Bertz CT molecular complexity index is 581. The number of rotatable bonds is 4. The number of nitro groups is 1. The van der Waals surface area contributed by atoms with Crippen LogP contribution in [0.25, 0.3) is 0 Å². The number of carbonyl (C=O) groups is 1. The minimum atomic E-state index is -0.468. The van der Waals surface area contributed by atoms with Crippen LogP contribution >= 0.6 is 11.3 Å². The quantitative estimate of drug-likeness (QED) is 0.687. The molecule has 0 unspecified atom stereocenters. The van der Waals surface area contributed by atoms with E-state index in [1.54, 1.807) is 30.6 Å². The topological polar surface area (TPSA) is 85.1 Å². The molecule has 7 heteroatoms. The van der Waals surface area contributed by atoms with E-state index in [0.29, 0.717) is 5.13 Å². The zero-order chi connectivity index (χ0) is 13.8. The second kappa shape index (κ2) is 5.57. The van der Waals surface area contributed by atoms with Crippen molar-refractivity contribution in [1.29, 1.82) is 0 Å². The maximum atomic E-state index is 12.0. The second-order valence-electron chi connectivity index (χ2n) is 3.90. The number of benzene rings is 1. The lowest BCUT2D eigenvalue weighted by Gasteiger charge is -2.10. The van der Waals surface area contributed by atoms with Crippen molar-refractivity contribution in [3.05, 3.63) is 51.5 Å². The molecule has 0 aliphatic carbocycles. The number of nitro benzene ring substituents is 1. The van der Waals surface area contributed by atoms with Crippen molar-refractivity contribution in [2.24, 2.45) is 0 Å². The molecule has 2 rings (SSSR count). The van der Waals surface area contributed by atoms with Gasteiger partial charge in [0.1, 0.15) is 0 Å². The molecule has 0 aliphatic rings. The first-order valence-corrected chi connectivity index (χ1v) is 6.40. The molecule has 19 heavy (non-hydrogen) atoms. The minimum absolute atomic E-state index is 0.0104. The van der Waals surface area contributed by atoms with Gasteiger partial charge in [-0.2, -0.15) is 0 Å². The van der Waals surface area contributed by atoms with Crippen molar-refractivity contribution in [3.8, 4) is 0 Å². The summed E-state index contributed by atoms with van der Waals surface area (Å²) in [7, 11) is 0. The fourth-order valence-electron chi connectivity index (χ4n) is 1.53. The van der Waals surface area contributed by atoms with Gasteiger partial charge in [-0.25, -0.2) is 4.98 Å². The van der Waals surface area contributed by atoms with Gasteiger partial charge in [0, 0.05) is 23.7 Å². The normalized spacial score (nSPS) is 11.8. The Balaban J connectivity index is 2.08. The third-order valence-corrected chi connectivity index (χ3v) is 3.35. The van der Waals surface area contributed by atoms with Crippen LogP contribution in [0.3, 0.4) is 0 Å². The molecule has 1 aromatic carbocycles. The molecule has 0 fully saturated rings. The maximum absolute atomic E-state index is 12.0. The van der Waals surface area contributed by atoms with Crippen LogP contribution in [0, 0.1) is 10.1 Å². The number of carbonyl (C=O) groups excluding carboxylic acids is 1. The van der Waals surface area contributed by atoms with Gasteiger partial charge >= 0.3 is 0 Å². The lowest BCUT2D eigenvalue weighted by Crippen LogP contribution is -2.18. The first kappa shape index (κ1) is 13.2. The smallest absolute Gasteiger partial charge is 0.269 e. The van der Waals surface area contributed by atoms with E-state index < -0.39 is 10.8 Å². The maximum Gasteiger partial charge on any atom is 0.269 e. The summed E-state index contributed by atoms with van der Waals surface area (Å²) in [5, 5.41) is 15.5. The van der Waals surface area contributed by atoms with Crippen LogP contribution in [0.4, 0.5) is 10.8 Å². The summed E-state index contributed by atoms with van der Waals surface area (Å²) in [5.41, 5.74) is 0.732. The molecule has 1 N–H and O–H groups in total. The number of aromatic nitrogens is 1. The summed E-state index contributed by atoms with van der Waals surface area (Å²) in [6, 6.07) is 5.96. The monoisotopic (exact) mass is 277 g/mol. The minimum Gasteiger partial charge on any atom is -0.301 e. The molecule has 1 aromatic heterocycles. The van der Waals surface area contributed by atoms with Crippen LogP contribution in [0.1, 0.15) is 18.4 Å². The molecule has 0 spiro atoms. The first-order chi connectivity index (χ1) is 9.08. The molecule has 1 heterocycles. The van der Waals surface area contributed by atoms with Crippen LogP contribution in [0.5, 0.6) is 0 Å². The lowest BCUT2D eigenvalue weighted by molar-refractivity contribution is -0.384. The Kier molecular flexibility index (Phi) is 3.86. The Labute approximate surface area is 113 Å². The Morgan fingerprint density at radius 1 is 1.42 bits per heavy atom. The average molecular weight is 277 g/mol. The largest absolute Gasteiger partial charge is 0.301 e. The molecule has 98 valence electrons. The van der Waals surface area contributed by atoms with Crippen molar-refractivity contribution in [2.75, 3.05) is 5.32 Å². The van der Waals surface area contributed by atoms with E-state index in [4.69, 9.17) is 0 Å². The molecule has 0 saturated carbocycles. The zero-order valence-corrected chi connectivity index (χ0v) is 10.9. The van der Waals surface area contributed by atoms with Gasteiger partial charge in [-0.15, -0.1) is 11.3 Å². The number of thiazole rings is 1. The Morgan fingerprint density at radius 2 is 2.11 bits per heavy atom. The van der Waals surface area contributed by atoms with Crippen LogP contribution in [0.15, 0.2) is 35.8 Å². The van der Waals surface area contributed by atoms with Gasteiger partial charge < -0.3 is 5.32 Å². The second-order valence-corrected chi connectivity index (χ2v) is 4.79. The highest BCUT2D eigenvalue weighted by Gasteiger charge is 2.17. The summed E-state index contributed by atoms with van der Waals surface area (Å²) < 4.78 is 0. The fourth-order valence-corrected chi connectivity index (χ4v) is 2.07. The predicted octanol–water partition coefficient (Wildman–Crippen LogP) is 2.79. The summed E-state index contributed by atoms with van der Waals surface area (Å²) in [6.45, 7) is 1.74. The van der Waals surface area contributed by atoms with E-state index in [2.05, 4.69) is 10.3 Å². The van der Waals surface area contributed by atoms with E-state index in [1.165, 1.54) is 23.5 Å². The molecular formula is C12H11N3O3S. The van der Waals surface area contributed by atoms with Crippen LogP contribution < -0.4 is 5.32 Å². The number of nitrogens with one attached hydrogen (secondary N) is 1. The highest BCUT2D eigenvalue weighted by Crippen LogP contribution is 2.21. The number of hydrogen-bond acceptors (Lipinski definition) is 5. The summed E-state index contributed by atoms with van der Waals surface area (Å²) in [6.07, 6.45) is 1.61. The Morgan fingerprint density at radius 3 is 2.63 bits per heavy atom. The van der Waals surface area contributed by atoms with Crippen molar-refractivity contribution >= 4 is 28.1 Å². The third kappa shape index (κ3) is 3.14. The van der Waals surface area contributed by atoms with Crippen LogP contribution in [-0.4, -0.2) is 15.8 Å². The van der Waals surface area contributed by atoms with Crippen LogP contribution in [-0.2, 0) is 4.79 Å². The van der Waals surface area contributed by atoms with Crippen LogP contribution in [0.2, 0.25) is 0 Å². The van der Waals surface area contributed by atoms with Gasteiger partial charge in [0.05, 0.1) is 10.8 Å². The molecule has 0 bridgehead atoms. The predicted molar refractivity (Wildman–Crippen MR) is 72.3 cm³/mol. The van der Waals surface area contributed by atoms with Gasteiger partial charge in [0.15, 0.2) is 5.13 Å². The average Bonchev–Trinajstić information content (AvgIpc) is 2.90. The van der Waals surface area contributed by atoms with E-state index in [0.717, 1.165) is 5.56 Å². The van der Waals surface area contributed by atoms with E-state index >= 15 is 0 Å². The van der Waals surface area contributed by atoms with Gasteiger partial charge in [-0.05, 0) is 12.5 Å². The van der Waals surface area contributed by atoms with Crippen molar-refractivity contribution in [2.45, 2.75) is 12.8 Å². The number of amides is 1. The molecule has 2 aromatic rings. The molecule has 1 amide bonds. The summed E-state index contributed by atoms with van der Waals surface area (Å²) in [5.74, 6) is -0.589. The van der Waals surface area contributed by atoms with Crippen molar-refractivity contribution < 1.29 is 9.72 Å². The number of non-ortho nitro benzene ring substituents is 1. The van der Waals surface area contributed by atoms with E-state index in [1.807, 2.05) is 0 Å². The van der Waals surface area contributed by atoms with E-state index in [9.17, 15) is 14.9 Å². The number of hydrogen-bond donors (Lipinski definition) is 1. The first-order valence-electron chi connectivity index (χ1n) is 5.52. The SMILES string of the molecule is C[C@H](C(=O)Nc1nccs1)c1ccc([N+](=O)[O-])cc1. The fraction of sp³-hybridized carbons (Fsp3) is 0.167. The summed E-state index contributed by atoms with van der Waals surface area (Å²) >= 11 is 1.34. The molecular weight excluding hydrogens is 266 g/mol. The summed E-state index contributed by atoms with van der Waals surface area (Å²) in [4.78, 5) is 26.0. The molecule has 1 atom stereocenters. The van der Waals surface area contributed by atoms with Crippen molar-refractivity contribution in [1.82, 2.24) is 4.98 Å². The molecule has 0 radical (unpaired) electrons. The van der Waals surface area contributed by atoms with Crippen molar-refractivity contribution in [3.63, 3.8) is 0 Å². The number of anilines is 1. The zero-order valence-electron chi connectivity index (χ0n) is 10.1. The van der Waals surface area contributed by atoms with Gasteiger partial charge in [0.2, 0.25) is 5.91 Å². The highest BCUT2D eigenvalue weighted by atomic mass is 32.1. The number of nitrogens with zero attached hydrogens (tertiary/aromatic N) is 2.